The molecule has 0 aromatic carbocycles. The zero-order valence-corrected chi connectivity index (χ0v) is 11.5. The lowest BCUT2D eigenvalue weighted by atomic mass is 10.6. The van der Waals surface area contributed by atoms with E-state index in [-0.39, 0.29) is 17.9 Å². The van der Waals surface area contributed by atoms with Gasteiger partial charge in [-0.3, -0.25) is 0 Å². The van der Waals surface area contributed by atoms with Crippen LogP contribution in [0.25, 0.3) is 0 Å². The number of nitrogens with zero attached hydrogens (tertiary/aromatic N) is 4. The quantitative estimate of drug-likeness (QED) is 0.714. The fourth-order valence-corrected chi connectivity index (χ4v) is 3.93. The summed E-state index contributed by atoms with van der Waals surface area (Å²) in [5.41, 5.74) is 0. The SMILES string of the molecule is O=S(=O)(CCCS(=O)(=O)n1cccn1)n1cccn1. The van der Waals surface area contributed by atoms with Gasteiger partial charge in [-0.25, -0.2) is 16.8 Å². The van der Waals surface area contributed by atoms with Gasteiger partial charge < -0.3 is 0 Å². The van der Waals surface area contributed by atoms with E-state index in [1.54, 1.807) is 0 Å². The smallest absolute Gasteiger partial charge is 0.205 e. The average Bonchev–Trinajstić information content (AvgIpc) is 3.03. The highest BCUT2D eigenvalue weighted by molar-refractivity contribution is 7.90. The van der Waals surface area contributed by atoms with E-state index in [0.717, 1.165) is 8.17 Å². The van der Waals surface area contributed by atoms with Gasteiger partial charge in [0.2, 0.25) is 0 Å². The molecule has 0 fully saturated rings. The van der Waals surface area contributed by atoms with Crippen molar-refractivity contribution in [2.45, 2.75) is 6.42 Å². The Kier molecular flexibility index (Phi) is 3.71. The van der Waals surface area contributed by atoms with Gasteiger partial charge in [-0.15, -0.1) is 0 Å². The Labute approximate surface area is 110 Å². The maximum Gasteiger partial charge on any atom is 0.253 e. The molecule has 2 aromatic heterocycles. The molecule has 2 heterocycles. The molecule has 0 saturated heterocycles. The van der Waals surface area contributed by atoms with E-state index >= 15 is 0 Å². The Balaban J connectivity index is 1.98. The molecule has 0 bridgehead atoms. The van der Waals surface area contributed by atoms with E-state index in [0.29, 0.717) is 0 Å². The van der Waals surface area contributed by atoms with E-state index in [1.165, 1.54) is 36.9 Å². The van der Waals surface area contributed by atoms with Crippen molar-refractivity contribution in [3.8, 4) is 0 Å². The molecule has 0 aliphatic heterocycles. The first-order valence-corrected chi connectivity index (χ1v) is 8.59. The van der Waals surface area contributed by atoms with Crippen molar-refractivity contribution in [2.24, 2.45) is 0 Å². The van der Waals surface area contributed by atoms with Crippen LogP contribution in [0.15, 0.2) is 36.9 Å². The third-order valence-corrected chi connectivity index (χ3v) is 5.52. The molecule has 104 valence electrons. The topological polar surface area (TPSA) is 104 Å². The molecule has 19 heavy (non-hydrogen) atoms. The molecule has 0 amide bonds. The highest BCUT2D eigenvalue weighted by Crippen LogP contribution is 2.02. The molecular weight excluding hydrogens is 292 g/mol. The second-order valence-corrected chi connectivity index (χ2v) is 7.64. The molecule has 2 aromatic rings. The lowest BCUT2D eigenvalue weighted by molar-refractivity contribution is 0.573. The van der Waals surface area contributed by atoms with Gasteiger partial charge in [0.1, 0.15) is 0 Å². The molecular formula is C9H12N4O4S2. The summed E-state index contributed by atoms with van der Waals surface area (Å²) >= 11 is 0. The van der Waals surface area contributed by atoms with Crippen LogP contribution in [-0.4, -0.2) is 46.7 Å². The zero-order valence-electron chi connectivity index (χ0n) is 9.82. The van der Waals surface area contributed by atoms with Crippen LogP contribution in [-0.2, 0) is 20.0 Å². The van der Waals surface area contributed by atoms with Crippen LogP contribution in [0, 0.1) is 0 Å². The van der Waals surface area contributed by atoms with Crippen LogP contribution in [0.2, 0.25) is 0 Å². The normalized spacial score (nSPS) is 12.6. The highest BCUT2D eigenvalue weighted by Gasteiger charge is 2.18. The molecule has 8 nitrogen and oxygen atoms in total. The molecule has 0 N–H and O–H groups in total. The molecule has 0 spiro atoms. The Morgan fingerprint density at radius 3 is 1.53 bits per heavy atom. The number of hydrogen-bond acceptors (Lipinski definition) is 6. The minimum Gasteiger partial charge on any atom is -0.205 e. The lowest BCUT2D eigenvalue weighted by Crippen LogP contribution is -2.22. The number of hydrogen-bond donors (Lipinski definition) is 0. The summed E-state index contributed by atoms with van der Waals surface area (Å²) in [5, 5.41) is 7.23. The second kappa shape index (κ2) is 5.13. The molecule has 0 aliphatic rings. The molecule has 0 radical (unpaired) electrons. The summed E-state index contributed by atoms with van der Waals surface area (Å²) in [6.45, 7) is 0. The van der Waals surface area contributed by atoms with Gasteiger partial charge in [0.05, 0.1) is 23.9 Å². The third kappa shape index (κ3) is 3.20. The molecule has 0 atom stereocenters. The molecule has 0 saturated carbocycles. The fourth-order valence-electron chi connectivity index (χ4n) is 1.45. The van der Waals surface area contributed by atoms with Crippen LogP contribution in [0.3, 0.4) is 0 Å². The van der Waals surface area contributed by atoms with Gasteiger partial charge >= 0.3 is 0 Å². The average molecular weight is 304 g/mol. The van der Waals surface area contributed by atoms with Crippen LogP contribution >= 0.6 is 0 Å². The van der Waals surface area contributed by atoms with Gasteiger partial charge in [-0.05, 0) is 18.6 Å². The summed E-state index contributed by atoms with van der Waals surface area (Å²) in [4.78, 5) is 0. The Hall–Kier alpha value is -1.68. The van der Waals surface area contributed by atoms with Crippen molar-refractivity contribution in [2.75, 3.05) is 11.5 Å². The van der Waals surface area contributed by atoms with Crippen molar-refractivity contribution in [1.82, 2.24) is 18.4 Å². The maximum atomic E-state index is 11.7. The van der Waals surface area contributed by atoms with E-state index in [2.05, 4.69) is 10.2 Å². The fraction of sp³-hybridized carbons (Fsp3) is 0.333. The number of aromatic nitrogens is 4. The van der Waals surface area contributed by atoms with E-state index < -0.39 is 20.0 Å². The number of rotatable bonds is 6. The monoisotopic (exact) mass is 304 g/mol. The van der Waals surface area contributed by atoms with Gasteiger partial charge in [-0.2, -0.15) is 18.4 Å². The zero-order chi connectivity index (χ0) is 13.9. The van der Waals surface area contributed by atoms with Crippen molar-refractivity contribution in [1.29, 1.82) is 0 Å². The van der Waals surface area contributed by atoms with Gasteiger partial charge in [0.25, 0.3) is 20.0 Å². The predicted octanol–water partition coefficient (Wildman–Crippen LogP) is -0.474. The maximum absolute atomic E-state index is 11.7. The molecule has 0 unspecified atom stereocenters. The summed E-state index contributed by atoms with van der Waals surface area (Å²) in [6, 6.07) is 2.97. The molecule has 0 aliphatic carbocycles. The first kappa shape index (κ1) is 13.7. The van der Waals surface area contributed by atoms with Crippen molar-refractivity contribution < 1.29 is 16.8 Å². The van der Waals surface area contributed by atoms with Crippen LogP contribution in [0.4, 0.5) is 0 Å². The van der Waals surface area contributed by atoms with Crippen LogP contribution in [0.1, 0.15) is 6.42 Å². The van der Waals surface area contributed by atoms with Crippen molar-refractivity contribution in [3.63, 3.8) is 0 Å². The Morgan fingerprint density at radius 2 is 1.21 bits per heavy atom. The van der Waals surface area contributed by atoms with Gasteiger partial charge in [-0.1, -0.05) is 0 Å². The third-order valence-electron chi connectivity index (χ3n) is 2.33. The van der Waals surface area contributed by atoms with Gasteiger partial charge in [0, 0.05) is 12.4 Å². The second-order valence-electron chi connectivity index (χ2n) is 3.74. The minimum atomic E-state index is -3.60. The van der Waals surface area contributed by atoms with Crippen molar-refractivity contribution >= 4 is 20.0 Å². The van der Waals surface area contributed by atoms with Crippen LogP contribution < -0.4 is 0 Å². The van der Waals surface area contributed by atoms with Crippen LogP contribution in [0.5, 0.6) is 0 Å². The summed E-state index contributed by atoms with van der Waals surface area (Å²) in [6.07, 6.45) is 5.27. The predicted molar refractivity (Wildman–Crippen MR) is 67.4 cm³/mol. The highest BCUT2D eigenvalue weighted by atomic mass is 32.2. The molecule has 10 heteroatoms. The minimum absolute atomic E-state index is 0.0234. The van der Waals surface area contributed by atoms with Gasteiger partial charge in [0.15, 0.2) is 0 Å². The lowest BCUT2D eigenvalue weighted by Gasteiger charge is -2.05. The Bertz CT molecular complexity index is 653. The summed E-state index contributed by atoms with van der Waals surface area (Å²) in [7, 11) is -7.19. The van der Waals surface area contributed by atoms with E-state index in [1.807, 2.05) is 0 Å². The standard InChI is InChI=1S/C9H12N4O4S2/c14-18(15,12-6-1-4-10-12)8-3-9-19(16,17)13-7-2-5-11-13/h1-2,4-7H,3,8-9H2. The summed E-state index contributed by atoms with van der Waals surface area (Å²) in [5.74, 6) is -0.593. The first-order chi connectivity index (χ1) is 8.92. The van der Waals surface area contributed by atoms with E-state index in [9.17, 15) is 16.8 Å². The van der Waals surface area contributed by atoms with Crippen molar-refractivity contribution in [3.05, 3.63) is 36.9 Å². The summed E-state index contributed by atoms with van der Waals surface area (Å²) < 4.78 is 48.6. The largest absolute Gasteiger partial charge is 0.253 e. The van der Waals surface area contributed by atoms with E-state index in [4.69, 9.17) is 0 Å². The Morgan fingerprint density at radius 1 is 0.789 bits per heavy atom. The molecule has 2 rings (SSSR count). The first-order valence-electron chi connectivity index (χ1n) is 5.38.